The first-order valence-corrected chi connectivity index (χ1v) is 5.24. The van der Waals surface area contributed by atoms with Crippen molar-refractivity contribution in [1.29, 1.82) is 0 Å². The van der Waals surface area contributed by atoms with E-state index >= 15 is 0 Å². The number of carbonyl (C=O) groups is 2. The number of ether oxygens (including phenoxy) is 1. The van der Waals surface area contributed by atoms with Crippen LogP contribution in [0.2, 0.25) is 0 Å². The first-order valence-electron chi connectivity index (χ1n) is 5.24. The molecule has 2 N–H and O–H groups in total. The number of benzene rings is 1. The third-order valence-electron chi connectivity index (χ3n) is 2.44. The Kier molecular flexibility index (Phi) is 4.21. The molecule has 1 atom stereocenters. The van der Waals surface area contributed by atoms with E-state index in [-0.39, 0.29) is 5.56 Å². The van der Waals surface area contributed by atoms with E-state index in [4.69, 9.17) is 5.11 Å². The molecule has 0 aromatic heterocycles. The molecule has 0 radical (unpaired) electrons. The van der Waals surface area contributed by atoms with Crippen molar-refractivity contribution in [3.05, 3.63) is 35.9 Å². The van der Waals surface area contributed by atoms with Crippen molar-refractivity contribution >= 4 is 11.9 Å². The second-order valence-corrected chi connectivity index (χ2v) is 4.10. The monoisotopic (exact) mass is 274 g/mol. The molecule has 0 amide bonds. The molecular weight excluding hydrogens is 262 g/mol. The van der Waals surface area contributed by atoms with Crippen molar-refractivity contribution in [3.63, 3.8) is 0 Å². The summed E-state index contributed by atoms with van der Waals surface area (Å²) in [6.45, 7) is -0.556. The molecule has 0 saturated carbocycles. The van der Waals surface area contributed by atoms with Crippen LogP contribution < -0.4 is 0 Å². The van der Waals surface area contributed by atoms with Gasteiger partial charge in [0.2, 0.25) is 0 Å². The molecule has 0 fully saturated rings. The Bertz CT molecular complexity index is 470. The molecule has 1 aromatic carbocycles. The fourth-order valence-electron chi connectivity index (χ4n) is 1.18. The largest absolute Gasteiger partial charge is 0.477 e. The number of aliphatic carboxylic acids is 1. The van der Waals surface area contributed by atoms with Gasteiger partial charge in [-0.15, -0.1) is 0 Å². The molecular formula is C12H12F2O5. The minimum atomic E-state index is -4.43. The van der Waals surface area contributed by atoms with Crippen molar-refractivity contribution in [2.75, 3.05) is 6.61 Å². The maximum absolute atomic E-state index is 13.1. The fourth-order valence-corrected chi connectivity index (χ4v) is 1.18. The van der Waals surface area contributed by atoms with Crippen molar-refractivity contribution in [2.45, 2.75) is 18.4 Å². The lowest BCUT2D eigenvalue weighted by Gasteiger charge is -2.28. The van der Waals surface area contributed by atoms with Crippen LogP contribution in [0.25, 0.3) is 0 Å². The van der Waals surface area contributed by atoms with Crippen LogP contribution in [0.15, 0.2) is 30.3 Å². The Balaban J connectivity index is 2.71. The molecule has 1 rings (SSSR count). The highest BCUT2D eigenvalue weighted by atomic mass is 19.3. The highest BCUT2D eigenvalue weighted by Gasteiger charge is 2.56. The Morgan fingerprint density at radius 2 is 1.79 bits per heavy atom. The number of hydrogen-bond acceptors (Lipinski definition) is 4. The average molecular weight is 274 g/mol. The Morgan fingerprint density at radius 1 is 1.26 bits per heavy atom. The molecule has 0 spiro atoms. The van der Waals surface area contributed by atoms with Gasteiger partial charge in [0.25, 0.3) is 0 Å². The summed E-state index contributed by atoms with van der Waals surface area (Å²) in [7, 11) is 0. The smallest absolute Gasteiger partial charge is 0.377 e. The normalized spacial score (nSPS) is 14.5. The average Bonchev–Trinajstić information content (AvgIpc) is 2.36. The van der Waals surface area contributed by atoms with Gasteiger partial charge in [-0.05, 0) is 19.1 Å². The van der Waals surface area contributed by atoms with Crippen LogP contribution in [-0.4, -0.2) is 40.3 Å². The van der Waals surface area contributed by atoms with Gasteiger partial charge in [0.15, 0.2) is 5.60 Å². The molecule has 104 valence electrons. The summed E-state index contributed by atoms with van der Waals surface area (Å²) < 4.78 is 30.8. The molecule has 0 aliphatic rings. The zero-order valence-electron chi connectivity index (χ0n) is 9.97. The van der Waals surface area contributed by atoms with Crippen molar-refractivity contribution in [1.82, 2.24) is 0 Å². The van der Waals surface area contributed by atoms with E-state index in [1.54, 1.807) is 18.2 Å². The minimum Gasteiger partial charge on any atom is -0.477 e. The highest BCUT2D eigenvalue weighted by molar-refractivity contribution is 5.89. The van der Waals surface area contributed by atoms with Crippen LogP contribution in [0.1, 0.15) is 17.3 Å². The Labute approximate surface area is 107 Å². The number of alkyl halides is 2. The summed E-state index contributed by atoms with van der Waals surface area (Å²) >= 11 is 0. The second-order valence-electron chi connectivity index (χ2n) is 4.10. The standard InChI is InChI=1S/C12H12F2O5/c1-11(18,12(13,14)10(16)17)7-19-9(15)8-5-3-2-4-6-8/h2-6,18H,7H2,1H3,(H,16,17). The molecule has 19 heavy (non-hydrogen) atoms. The molecule has 0 bridgehead atoms. The van der Waals surface area contributed by atoms with Gasteiger partial charge in [0, 0.05) is 0 Å². The van der Waals surface area contributed by atoms with Gasteiger partial charge >= 0.3 is 17.9 Å². The maximum atomic E-state index is 13.1. The molecule has 1 unspecified atom stereocenters. The topological polar surface area (TPSA) is 83.8 Å². The highest BCUT2D eigenvalue weighted by Crippen LogP contribution is 2.29. The lowest BCUT2D eigenvalue weighted by atomic mass is 9.99. The van der Waals surface area contributed by atoms with Gasteiger partial charge in [-0.1, -0.05) is 18.2 Å². The van der Waals surface area contributed by atoms with Gasteiger partial charge in [0.05, 0.1) is 5.56 Å². The molecule has 7 heteroatoms. The first-order chi connectivity index (χ1) is 8.68. The number of carboxylic acid groups (broad SMARTS) is 1. The van der Waals surface area contributed by atoms with E-state index in [0.717, 1.165) is 0 Å². The second kappa shape index (κ2) is 5.31. The van der Waals surface area contributed by atoms with Gasteiger partial charge in [-0.3, -0.25) is 0 Å². The summed E-state index contributed by atoms with van der Waals surface area (Å²) in [4.78, 5) is 21.8. The van der Waals surface area contributed by atoms with Crippen LogP contribution >= 0.6 is 0 Å². The predicted molar refractivity (Wildman–Crippen MR) is 59.9 cm³/mol. The van der Waals surface area contributed by atoms with Crippen LogP contribution in [0.3, 0.4) is 0 Å². The van der Waals surface area contributed by atoms with E-state index in [1.807, 2.05) is 0 Å². The van der Waals surface area contributed by atoms with Crippen molar-refractivity contribution in [3.8, 4) is 0 Å². The van der Waals surface area contributed by atoms with Crippen LogP contribution in [-0.2, 0) is 9.53 Å². The van der Waals surface area contributed by atoms with E-state index in [1.165, 1.54) is 12.1 Å². The number of hydrogen-bond donors (Lipinski definition) is 2. The van der Waals surface area contributed by atoms with Crippen molar-refractivity contribution in [2.24, 2.45) is 0 Å². The molecule has 0 aliphatic heterocycles. The van der Waals surface area contributed by atoms with E-state index in [0.29, 0.717) is 6.92 Å². The Hall–Kier alpha value is -2.02. The first kappa shape index (κ1) is 15.0. The molecule has 0 aliphatic carbocycles. The summed E-state index contributed by atoms with van der Waals surface area (Å²) in [6.07, 6.45) is 0. The lowest BCUT2D eigenvalue weighted by molar-refractivity contribution is -0.212. The van der Waals surface area contributed by atoms with Crippen LogP contribution in [0.4, 0.5) is 8.78 Å². The summed E-state index contributed by atoms with van der Waals surface area (Å²) in [6, 6.07) is 7.52. The minimum absolute atomic E-state index is 0.108. The third-order valence-corrected chi connectivity index (χ3v) is 2.44. The number of aliphatic hydroxyl groups is 1. The van der Waals surface area contributed by atoms with Gasteiger partial charge in [0.1, 0.15) is 6.61 Å². The van der Waals surface area contributed by atoms with Crippen molar-refractivity contribution < 1.29 is 33.3 Å². The molecule has 0 saturated heterocycles. The lowest BCUT2D eigenvalue weighted by Crippen LogP contribution is -2.54. The SMILES string of the molecule is CC(O)(COC(=O)c1ccccc1)C(F)(F)C(=O)O. The van der Waals surface area contributed by atoms with Gasteiger partial charge in [-0.2, -0.15) is 8.78 Å². The molecule has 1 aromatic rings. The number of halogens is 2. The summed E-state index contributed by atoms with van der Waals surface area (Å²) in [5.41, 5.74) is -2.89. The summed E-state index contributed by atoms with van der Waals surface area (Å²) in [5, 5.41) is 17.7. The van der Waals surface area contributed by atoms with E-state index in [9.17, 15) is 23.5 Å². The fraction of sp³-hybridized carbons (Fsp3) is 0.333. The third kappa shape index (κ3) is 3.25. The molecule has 0 heterocycles. The number of carbonyl (C=O) groups excluding carboxylic acids is 1. The zero-order chi connectivity index (χ0) is 14.7. The summed E-state index contributed by atoms with van der Waals surface area (Å²) in [5.74, 6) is -7.85. The Morgan fingerprint density at radius 3 is 2.26 bits per heavy atom. The van der Waals surface area contributed by atoms with E-state index in [2.05, 4.69) is 4.74 Å². The number of carboxylic acids is 1. The van der Waals surface area contributed by atoms with Crippen LogP contribution in [0, 0.1) is 0 Å². The number of esters is 1. The van der Waals surface area contributed by atoms with Crippen LogP contribution in [0.5, 0.6) is 0 Å². The van der Waals surface area contributed by atoms with Gasteiger partial charge in [-0.25, -0.2) is 9.59 Å². The maximum Gasteiger partial charge on any atom is 0.377 e. The van der Waals surface area contributed by atoms with Gasteiger partial charge < -0.3 is 14.9 Å². The van der Waals surface area contributed by atoms with E-state index < -0.39 is 30.1 Å². The quantitative estimate of drug-likeness (QED) is 0.791. The molecule has 5 nitrogen and oxygen atoms in total. The zero-order valence-corrected chi connectivity index (χ0v) is 9.97. The number of rotatable bonds is 5. The predicted octanol–water partition coefficient (Wildman–Crippen LogP) is 1.31.